The van der Waals surface area contributed by atoms with Crippen LogP contribution in [-0.2, 0) is 18.3 Å². The molecule has 4 rings (SSSR count). The molecule has 0 aliphatic carbocycles. The van der Waals surface area contributed by atoms with Gasteiger partial charge in [0, 0.05) is 39.3 Å². The molecule has 2 fully saturated rings. The first-order chi connectivity index (χ1) is 15.1. The molecule has 0 amide bonds. The Kier molecular flexibility index (Phi) is 7.29. The number of aliphatic imine (C=N–C) groups is 1. The van der Waals surface area contributed by atoms with Gasteiger partial charge in [-0.25, -0.2) is 4.99 Å². The molecule has 2 atom stereocenters. The first-order valence-corrected chi connectivity index (χ1v) is 11.5. The summed E-state index contributed by atoms with van der Waals surface area (Å²) in [6.07, 6.45) is 4.65. The first-order valence-electron chi connectivity index (χ1n) is 11.1. The lowest BCUT2D eigenvalue weighted by atomic mass is 10.0. The van der Waals surface area contributed by atoms with Crippen LogP contribution in [0.25, 0.3) is 0 Å². The second-order valence-electron chi connectivity index (χ2n) is 8.28. The fraction of sp³-hybridized carbons (Fsp3) is 0.591. The molecule has 3 heterocycles. The van der Waals surface area contributed by atoms with Crippen molar-refractivity contribution in [2.45, 2.75) is 51.3 Å². The van der Waals surface area contributed by atoms with E-state index < -0.39 is 0 Å². The molecular formula is C22H32ClN7O. The zero-order valence-corrected chi connectivity index (χ0v) is 19.1. The predicted octanol–water partition coefficient (Wildman–Crippen LogP) is 2.66. The highest BCUT2D eigenvalue weighted by Crippen LogP contribution is 2.27. The second-order valence-corrected chi connectivity index (χ2v) is 8.69. The molecule has 0 spiro atoms. The number of nitrogens with zero attached hydrogens (tertiary/aromatic N) is 5. The summed E-state index contributed by atoms with van der Waals surface area (Å²) in [5.41, 5.74) is 1.09. The molecule has 0 saturated carbocycles. The smallest absolute Gasteiger partial charge is 0.192 e. The number of nitrogens with one attached hydrogen (secondary N) is 2. The number of benzene rings is 1. The van der Waals surface area contributed by atoms with Crippen LogP contribution in [0.4, 0.5) is 5.69 Å². The third-order valence-electron chi connectivity index (χ3n) is 6.04. The Morgan fingerprint density at radius 1 is 1.26 bits per heavy atom. The van der Waals surface area contributed by atoms with Gasteiger partial charge in [-0.15, -0.1) is 10.2 Å². The van der Waals surface area contributed by atoms with Crippen molar-refractivity contribution < 1.29 is 4.74 Å². The van der Waals surface area contributed by atoms with Crippen molar-refractivity contribution in [3.8, 4) is 0 Å². The number of ether oxygens (including phenoxy) is 1. The highest BCUT2D eigenvalue weighted by Gasteiger charge is 2.23. The van der Waals surface area contributed by atoms with Gasteiger partial charge in [-0.1, -0.05) is 23.7 Å². The van der Waals surface area contributed by atoms with Crippen LogP contribution in [0.1, 0.15) is 37.3 Å². The number of rotatable bonds is 6. The number of aryl methyl sites for hydroxylation is 1. The zero-order valence-electron chi connectivity index (χ0n) is 18.4. The minimum absolute atomic E-state index is 0.245. The van der Waals surface area contributed by atoms with Crippen molar-refractivity contribution in [2.24, 2.45) is 12.0 Å². The van der Waals surface area contributed by atoms with Gasteiger partial charge in [0.1, 0.15) is 12.4 Å². The third-order valence-corrected chi connectivity index (χ3v) is 6.36. The molecule has 9 heteroatoms. The minimum atomic E-state index is 0.245. The lowest BCUT2D eigenvalue weighted by Gasteiger charge is -2.36. The topological polar surface area (TPSA) is 79.6 Å². The van der Waals surface area contributed by atoms with Gasteiger partial charge in [-0.2, -0.15) is 0 Å². The van der Waals surface area contributed by atoms with E-state index in [4.69, 9.17) is 21.3 Å². The van der Waals surface area contributed by atoms with Crippen LogP contribution in [0, 0.1) is 6.92 Å². The zero-order chi connectivity index (χ0) is 21.6. The van der Waals surface area contributed by atoms with Crippen LogP contribution >= 0.6 is 11.6 Å². The number of hydrogen-bond acceptors (Lipinski definition) is 5. The van der Waals surface area contributed by atoms with Gasteiger partial charge in [0.2, 0.25) is 0 Å². The minimum Gasteiger partial charge on any atom is -0.376 e. The van der Waals surface area contributed by atoms with Crippen molar-refractivity contribution in [1.82, 2.24) is 25.4 Å². The number of piperidine rings is 1. The summed E-state index contributed by atoms with van der Waals surface area (Å²) in [4.78, 5) is 7.16. The Labute approximate surface area is 189 Å². The molecule has 0 bridgehead atoms. The van der Waals surface area contributed by atoms with Crippen molar-refractivity contribution in [2.75, 3.05) is 31.1 Å². The predicted molar refractivity (Wildman–Crippen MR) is 124 cm³/mol. The number of guanidine groups is 1. The van der Waals surface area contributed by atoms with E-state index in [-0.39, 0.29) is 12.1 Å². The molecule has 8 nitrogen and oxygen atoms in total. The molecule has 2 unspecified atom stereocenters. The van der Waals surface area contributed by atoms with E-state index in [0.29, 0.717) is 6.54 Å². The van der Waals surface area contributed by atoms with E-state index in [1.807, 2.05) is 36.7 Å². The van der Waals surface area contributed by atoms with Crippen LogP contribution in [0.15, 0.2) is 29.3 Å². The second kappa shape index (κ2) is 10.3. The van der Waals surface area contributed by atoms with E-state index in [9.17, 15) is 0 Å². The molecule has 1 aromatic heterocycles. The van der Waals surface area contributed by atoms with Crippen molar-refractivity contribution in [3.05, 3.63) is 40.9 Å². The molecule has 0 radical (unpaired) electrons. The van der Waals surface area contributed by atoms with E-state index in [0.717, 1.165) is 80.2 Å². The highest BCUT2D eigenvalue weighted by atomic mass is 35.5. The lowest BCUT2D eigenvalue weighted by Crippen LogP contribution is -2.52. The van der Waals surface area contributed by atoms with Crippen LogP contribution in [0.5, 0.6) is 0 Å². The summed E-state index contributed by atoms with van der Waals surface area (Å²) in [5, 5.41) is 16.3. The molecule has 2 saturated heterocycles. The lowest BCUT2D eigenvalue weighted by molar-refractivity contribution is 0.113. The number of aromatic nitrogens is 3. The molecule has 2 aliphatic heterocycles. The van der Waals surface area contributed by atoms with E-state index in [1.165, 1.54) is 0 Å². The number of anilines is 1. The Bertz CT molecular complexity index is 894. The maximum atomic E-state index is 6.44. The molecule has 2 aliphatic rings. The molecule has 2 N–H and O–H groups in total. The fourth-order valence-corrected chi connectivity index (χ4v) is 4.38. The van der Waals surface area contributed by atoms with Gasteiger partial charge >= 0.3 is 0 Å². The van der Waals surface area contributed by atoms with Gasteiger partial charge in [0.25, 0.3) is 0 Å². The summed E-state index contributed by atoms with van der Waals surface area (Å²) in [6, 6.07) is 8.33. The normalized spacial score (nSPS) is 22.0. The van der Waals surface area contributed by atoms with Crippen molar-refractivity contribution >= 4 is 23.2 Å². The van der Waals surface area contributed by atoms with Crippen molar-refractivity contribution in [1.29, 1.82) is 0 Å². The maximum Gasteiger partial charge on any atom is 0.192 e. The summed E-state index contributed by atoms with van der Waals surface area (Å²) < 4.78 is 7.75. The Balaban J connectivity index is 1.43. The number of hydrogen-bond donors (Lipinski definition) is 2. The standard InChI is InChI=1S/C22H32ClN7O/c1-16-27-28-21(29(16)2)14-25-22(24-13-18-8-6-12-31-18)26-17-7-5-11-30(15-17)20-10-4-3-9-19(20)23/h3-4,9-10,17-18H,5-8,11-15H2,1-2H3,(H2,24,25,26). The average molecular weight is 446 g/mol. The average Bonchev–Trinajstić information content (AvgIpc) is 3.41. The fourth-order valence-electron chi connectivity index (χ4n) is 4.12. The van der Waals surface area contributed by atoms with Gasteiger partial charge in [0.15, 0.2) is 11.8 Å². The quantitative estimate of drug-likeness (QED) is 0.525. The third kappa shape index (κ3) is 5.68. The Morgan fingerprint density at radius 3 is 2.87 bits per heavy atom. The van der Waals surface area contributed by atoms with Crippen LogP contribution in [0.2, 0.25) is 5.02 Å². The SMILES string of the molecule is Cc1nnc(CN=C(NCC2CCCO2)NC2CCCN(c3ccccc3Cl)C2)n1C. The number of halogens is 1. The molecule has 168 valence electrons. The number of para-hydroxylation sites is 1. The molecule has 2 aromatic rings. The van der Waals surface area contributed by atoms with Crippen molar-refractivity contribution in [3.63, 3.8) is 0 Å². The van der Waals surface area contributed by atoms with Gasteiger partial charge < -0.3 is 24.8 Å². The first kappa shape index (κ1) is 21.9. The van der Waals surface area contributed by atoms with E-state index in [2.05, 4.69) is 31.8 Å². The monoisotopic (exact) mass is 445 g/mol. The highest BCUT2D eigenvalue weighted by molar-refractivity contribution is 6.33. The van der Waals surface area contributed by atoms with Crippen LogP contribution in [0.3, 0.4) is 0 Å². The maximum absolute atomic E-state index is 6.44. The Morgan fingerprint density at radius 2 is 2.13 bits per heavy atom. The Hall–Kier alpha value is -2.32. The summed E-state index contributed by atoms with van der Waals surface area (Å²) in [7, 11) is 1.97. The molecule has 1 aromatic carbocycles. The van der Waals surface area contributed by atoms with Crippen LogP contribution in [-0.4, -0.2) is 59.1 Å². The molecule has 31 heavy (non-hydrogen) atoms. The van der Waals surface area contributed by atoms with E-state index in [1.54, 1.807) is 0 Å². The van der Waals surface area contributed by atoms with Gasteiger partial charge in [-0.05, 0) is 44.7 Å². The van der Waals surface area contributed by atoms with Gasteiger partial charge in [0.05, 0.1) is 16.8 Å². The van der Waals surface area contributed by atoms with E-state index >= 15 is 0 Å². The molecular weight excluding hydrogens is 414 g/mol. The summed E-state index contributed by atoms with van der Waals surface area (Å²) >= 11 is 6.44. The summed E-state index contributed by atoms with van der Waals surface area (Å²) in [6.45, 7) is 5.91. The van der Waals surface area contributed by atoms with Gasteiger partial charge in [-0.3, -0.25) is 0 Å². The van der Waals surface area contributed by atoms with Crippen LogP contribution < -0.4 is 15.5 Å². The summed E-state index contributed by atoms with van der Waals surface area (Å²) in [5.74, 6) is 2.52. The largest absolute Gasteiger partial charge is 0.376 e.